The molecule has 0 aromatic heterocycles. The van der Waals surface area contributed by atoms with E-state index < -0.39 is 5.97 Å². The van der Waals surface area contributed by atoms with Crippen LogP contribution in [0.4, 0.5) is 0 Å². The molecule has 104 valence electrons. The molecule has 0 bridgehead atoms. The van der Waals surface area contributed by atoms with Gasteiger partial charge in [-0.25, -0.2) is 4.79 Å². The first-order chi connectivity index (χ1) is 9.15. The minimum Gasteiger partial charge on any atom is -0.478 e. The van der Waals surface area contributed by atoms with Crippen molar-refractivity contribution in [3.8, 4) is 0 Å². The Morgan fingerprint density at radius 2 is 1.79 bits per heavy atom. The Hall–Kier alpha value is -1.88. The van der Waals surface area contributed by atoms with E-state index in [0.29, 0.717) is 18.7 Å². The standard InChI is InChI=1S/C14H19NO4/c1-2-9-19-10-3-8-15-13(16)11-4-6-12(7-5-11)14(17)18/h4-7H,2-3,8-10H2,1H3,(H,15,16)(H,17,18). The van der Waals surface area contributed by atoms with Crippen molar-refractivity contribution in [3.05, 3.63) is 35.4 Å². The minimum absolute atomic E-state index is 0.171. The maximum atomic E-state index is 11.7. The van der Waals surface area contributed by atoms with Crippen molar-refractivity contribution in [2.45, 2.75) is 19.8 Å². The Morgan fingerprint density at radius 3 is 2.37 bits per heavy atom. The Bertz CT molecular complexity index is 414. The van der Waals surface area contributed by atoms with Gasteiger partial charge in [-0.2, -0.15) is 0 Å². The molecule has 0 atom stereocenters. The summed E-state index contributed by atoms with van der Waals surface area (Å²) in [7, 11) is 0. The van der Waals surface area contributed by atoms with Gasteiger partial charge in [0.15, 0.2) is 0 Å². The molecule has 0 heterocycles. The summed E-state index contributed by atoms with van der Waals surface area (Å²) in [6, 6.07) is 5.85. The van der Waals surface area contributed by atoms with Crippen molar-refractivity contribution in [1.82, 2.24) is 5.32 Å². The van der Waals surface area contributed by atoms with Crippen LogP contribution in [0.25, 0.3) is 0 Å². The van der Waals surface area contributed by atoms with Crippen LogP contribution >= 0.6 is 0 Å². The van der Waals surface area contributed by atoms with Gasteiger partial charge in [0.05, 0.1) is 5.56 Å². The maximum absolute atomic E-state index is 11.7. The van der Waals surface area contributed by atoms with Crippen LogP contribution in [0.5, 0.6) is 0 Å². The monoisotopic (exact) mass is 265 g/mol. The van der Waals surface area contributed by atoms with E-state index in [2.05, 4.69) is 5.32 Å². The van der Waals surface area contributed by atoms with Crippen molar-refractivity contribution in [1.29, 1.82) is 0 Å². The van der Waals surface area contributed by atoms with Gasteiger partial charge in [0.2, 0.25) is 0 Å². The summed E-state index contributed by atoms with van der Waals surface area (Å²) >= 11 is 0. The number of carbonyl (C=O) groups is 2. The van der Waals surface area contributed by atoms with Crippen LogP contribution in [0.3, 0.4) is 0 Å². The number of hydrogen-bond acceptors (Lipinski definition) is 3. The molecule has 1 rings (SSSR count). The lowest BCUT2D eigenvalue weighted by Gasteiger charge is -2.06. The van der Waals surface area contributed by atoms with Crippen molar-refractivity contribution in [2.24, 2.45) is 0 Å². The molecule has 0 spiro atoms. The molecule has 1 aromatic rings. The summed E-state index contributed by atoms with van der Waals surface area (Å²) in [5, 5.41) is 11.5. The number of ether oxygens (including phenoxy) is 1. The zero-order chi connectivity index (χ0) is 14.1. The second-order valence-electron chi connectivity index (χ2n) is 4.10. The fourth-order valence-electron chi connectivity index (χ4n) is 1.49. The SMILES string of the molecule is CCCOCCCNC(=O)c1ccc(C(=O)O)cc1. The first kappa shape index (κ1) is 15.2. The molecule has 0 aliphatic heterocycles. The second-order valence-corrected chi connectivity index (χ2v) is 4.10. The van der Waals surface area contributed by atoms with Crippen LogP contribution < -0.4 is 5.32 Å². The number of carbonyl (C=O) groups excluding carboxylic acids is 1. The smallest absolute Gasteiger partial charge is 0.335 e. The third-order valence-corrected chi connectivity index (χ3v) is 2.49. The molecule has 0 saturated heterocycles. The predicted molar refractivity (Wildman–Crippen MR) is 71.5 cm³/mol. The van der Waals surface area contributed by atoms with Gasteiger partial charge in [-0.1, -0.05) is 6.92 Å². The van der Waals surface area contributed by atoms with Crippen LogP contribution in [0.2, 0.25) is 0 Å². The lowest BCUT2D eigenvalue weighted by molar-refractivity contribution is 0.0696. The van der Waals surface area contributed by atoms with Crippen LogP contribution in [-0.4, -0.2) is 36.7 Å². The fraction of sp³-hybridized carbons (Fsp3) is 0.429. The Labute approximate surface area is 112 Å². The van der Waals surface area contributed by atoms with Crippen LogP contribution in [0, 0.1) is 0 Å². The van der Waals surface area contributed by atoms with E-state index in [1.165, 1.54) is 24.3 Å². The van der Waals surface area contributed by atoms with Crippen molar-refractivity contribution in [3.63, 3.8) is 0 Å². The molecule has 5 nitrogen and oxygen atoms in total. The number of amides is 1. The van der Waals surface area contributed by atoms with Crippen LogP contribution in [-0.2, 0) is 4.74 Å². The lowest BCUT2D eigenvalue weighted by Crippen LogP contribution is -2.25. The summed E-state index contributed by atoms with van der Waals surface area (Å²) in [5.74, 6) is -1.20. The first-order valence-corrected chi connectivity index (χ1v) is 6.34. The maximum Gasteiger partial charge on any atom is 0.335 e. The number of aromatic carboxylic acids is 1. The van der Waals surface area contributed by atoms with E-state index in [9.17, 15) is 9.59 Å². The summed E-state index contributed by atoms with van der Waals surface area (Å²) in [4.78, 5) is 22.4. The molecular formula is C14H19NO4. The highest BCUT2D eigenvalue weighted by Crippen LogP contribution is 2.04. The molecule has 0 aliphatic rings. The Morgan fingerprint density at radius 1 is 1.16 bits per heavy atom. The minimum atomic E-state index is -1.000. The Balaban J connectivity index is 2.31. The molecule has 19 heavy (non-hydrogen) atoms. The molecule has 0 radical (unpaired) electrons. The number of carboxylic acids is 1. The summed E-state index contributed by atoms with van der Waals surface area (Å²) < 4.78 is 5.30. The molecule has 1 aromatic carbocycles. The molecule has 2 N–H and O–H groups in total. The largest absolute Gasteiger partial charge is 0.478 e. The van der Waals surface area contributed by atoms with E-state index >= 15 is 0 Å². The van der Waals surface area contributed by atoms with Crippen LogP contribution in [0.15, 0.2) is 24.3 Å². The van der Waals surface area contributed by atoms with Gasteiger partial charge < -0.3 is 15.2 Å². The number of hydrogen-bond donors (Lipinski definition) is 2. The van der Waals surface area contributed by atoms with Gasteiger partial charge >= 0.3 is 5.97 Å². The molecule has 5 heteroatoms. The summed E-state index contributed by atoms with van der Waals surface area (Å²) in [6.07, 6.45) is 1.75. The quantitative estimate of drug-likeness (QED) is 0.704. The summed E-state index contributed by atoms with van der Waals surface area (Å²) in [5.41, 5.74) is 0.629. The van der Waals surface area contributed by atoms with E-state index in [0.717, 1.165) is 19.4 Å². The topological polar surface area (TPSA) is 75.6 Å². The second kappa shape index (κ2) is 8.26. The average molecular weight is 265 g/mol. The van der Waals surface area contributed by atoms with E-state index in [-0.39, 0.29) is 11.5 Å². The zero-order valence-electron chi connectivity index (χ0n) is 11.0. The Kier molecular flexibility index (Phi) is 6.60. The number of benzene rings is 1. The average Bonchev–Trinajstić information content (AvgIpc) is 2.42. The highest BCUT2D eigenvalue weighted by atomic mass is 16.5. The third kappa shape index (κ3) is 5.52. The fourth-order valence-corrected chi connectivity index (χ4v) is 1.49. The van der Waals surface area contributed by atoms with Gasteiger partial charge in [0.25, 0.3) is 5.91 Å². The van der Waals surface area contributed by atoms with Gasteiger partial charge in [-0.05, 0) is 37.1 Å². The number of rotatable bonds is 8. The normalized spacial score (nSPS) is 10.2. The highest BCUT2D eigenvalue weighted by molar-refractivity contribution is 5.95. The molecule has 0 aliphatic carbocycles. The summed E-state index contributed by atoms with van der Waals surface area (Å²) in [6.45, 7) is 3.96. The molecule has 0 fully saturated rings. The molecule has 1 amide bonds. The van der Waals surface area contributed by atoms with Crippen molar-refractivity contribution in [2.75, 3.05) is 19.8 Å². The van der Waals surface area contributed by atoms with Gasteiger partial charge in [-0.3, -0.25) is 4.79 Å². The zero-order valence-corrected chi connectivity index (χ0v) is 11.0. The number of nitrogens with one attached hydrogen (secondary N) is 1. The van der Waals surface area contributed by atoms with Crippen LogP contribution in [0.1, 0.15) is 40.5 Å². The lowest BCUT2D eigenvalue weighted by atomic mass is 10.1. The molecule has 0 unspecified atom stereocenters. The molecule has 0 saturated carbocycles. The van der Waals surface area contributed by atoms with Crippen molar-refractivity contribution >= 4 is 11.9 Å². The van der Waals surface area contributed by atoms with Crippen molar-refractivity contribution < 1.29 is 19.4 Å². The number of carboxylic acid groups (broad SMARTS) is 1. The first-order valence-electron chi connectivity index (χ1n) is 6.34. The predicted octanol–water partition coefficient (Wildman–Crippen LogP) is 1.93. The van der Waals surface area contributed by atoms with Gasteiger partial charge in [0, 0.05) is 25.3 Å². The van der Waals surface area contributed by atoms with Gasteiger partial charge in [0.1, 0.15) is 0 Å². The van der Waals surface area contributed by atoms with E-state index in [1.807, 2.05) is 6.92 Å². The highest BCUT2D eigenvalue weighted by Gasteiger charge is 2.06. The third-order valence-electron chi connectivity index (χ3n) is 2.49. The van der Waals surface area contributed by atoms with E-state index in [1.54, 1.807) is 0 Å². The molecular weight excluding hydrogens is 246 g/mol. The van der Waals surface area contributed by atoms with E-state index in [4.69, 9.17) is 9.84 Å². The van der Waals surface area contributed by atoms with Gasteiger partial charge in [-0.15, -0.1) is 0 Å².